The van der Waals surface area contributed by atoms with Gasteiger partial charge >= 0.3 is 5.97 Å². The van der Waals surface area contributed by atoms with Crippen molar-refractivity contribution >= 4 is 35.1 Å². The molecule has 2 heterocycles. The van der Waals surface area contributed by atoms with Gasteiger partial charge in [-0.2, -0.15) is 0 Å². The molecule has 1 saturated heterocycles. The van der Waals surface area contributed by atoms with E-state index in [-0.39, 0.29) is 25.0 Å². The fourth-order valence-electron chi connectivity index (χ4n) is 3.25. The van der Waals surface area contributed by atoms with Crippen molar-refractivity contribution in [1.82, 2.24) is 5.32 Å². The molecule has 0 saturated carbocycles. The summed E-state index contributed by atoms with van der Waals surface area (Å²) in [5.74, 6) is -1.12. The van der Waals surface area contributed by atoms with E-state index in [9.17, 15) is 9.59 Å². The van der Waals surface area contributed by atoms with Crippen molar-refractivity contribution in [3.05, 3.63) is 45.1 Å². The van der Waals surface area contributed by atoms with Crippen LogP contribution < -0.4 is 5.32 Å². The standard InChI is InChI=1S/C18H19Cl2NO4/c1-10-16(18(23)25-9-11-4-3-7-24-11)13(8-15(22)21-10)12-5-2-6-14(19)17(12)20/h2,5-6,11,13H,3-4,7-9H2,1H3,(H,21,22)/t11-,13+/m1/s1. The summed E-state index contributed by atoms with van der Waals surface area (Å²) in [6.45, 7) is 2.59. The van der Waals surface area contributed by atoms with E-state index >= 15 is 0 Å². The molecule has 2 atom stereocenters. The number of rotatable bonds is 4. The summed E-state index contributed by atoms with van der Waals surface area (Å²) in [5, 5.41) is 3.44. The Morgan fingerprint density at radius 1 is 1.40 bits per heavy atom. The highest BCUT2D eigenvalue weighted by Gasteiger charge is 2.34. The number of benzene rings is 1. The summed E-state index contributed by atoms with van der Waals surface area (Å²) in [7, 11) is 0. The quantitative estimate of drug-likeness (QED) is 0.806. The van der Waals surface area contributed by atoms with Crippen LogP contribution in [0, 0.1) is 0 Å². The molecule has 0 aromatic heterocycles. The van der Waals surface area contributed by atoms with Crippen molar-refractivity contribution in [2.24, 2.45) is 0 Å². The van der Waals surface area contributed by atoms with E-state index < -0.39 is 11.9 Å². The second kappa shape index (κ2) is 7.77. The number of ether oxygens (including phenoxy) is 2. The SMILES string of the molecule is CC1=C(C(=O)OC[C@H]2CCCO2)[C@H](c2cccc(Cl)c2Cl)CC(=O)N1. The average Bonchev–Trinajstić information content (AvgIpc) is 3.08. The highest BCUT2D eigenvalue weighted by atomic mass is 35.5. The lowest BCUT2D eigenvalue weighted by Gasteiger charge is -2.27. The first kappa shape index (κ1) is 18.2. The lowest BCUT2D eigenvalue weighted by molar-refractivity contribution is -0.142. The molecule has 0 spiro atoms. The van der Waals surface area contributed by atoms with Crippen LogP contribution in [0.1, 0.15) is 37.7 Å². The first-order chi connectivity index (χ1) is 12.0. The minimum atomic E-state index is -0.489. The topological polar surface area (TPSA) is 64.6 Å². The van der Waals surface area contributed by atoms with Gasteiger partial charge in [0.25, 0.3) is 0 Å². The molecule has 7 heteroatoms. The highest BCUT2D eigenvalue weighted by molar-refractivity contribution is 6.42. The molecule has 0 bridgehead atoms. The van der Waals surface area contributed by atoms with E-state index in [0.29, 0.717) is 33.5 Å². The molecular formula is C18H19Cl2NO4. The Balaban J connectivity index is 1.86. The molecule has 3 rings (SSSR count). The van der Waals surface area contributed by atoms with Crippen LogP contribution in [0.3, 0.4) is 0 Å². The predicted molar refractivity (Wildman–Crippen MR) is 94.6 cm³/mol. The molecule has 1 aromatic rings. The minimum absolute atomic E-state index is 0.0590. The van der Waals surface area contributed by atoms with Crippen LogP contribution in [-0.2, 0) is 19.1 Å². The van der Waals surface area contributed by atoms with E-state index in [1.807, 2.05) is 0 Å². The summed E-state index contributed by atoms with van der Waals surface area (Å²) >= 11 is 12.4. The van der Waals surface area contributed by atoms with Crippen LogP contribution in [0.5, 0.6) is 0 Å². The zero-order valence-corrected chi connectivity index (χ0v) is 15.3. The van der Waals surface area contributed by atoms with Crippen LogP contribution in [0.2, 0.25) is 10.0 Å². The first-order valence-electron chi connectivity index (χ1n) is 8.20. The van der Waals surface area contributed by atoms with Gasteiger partial charge in [-0.25, -0.2) is 4.79 Å². The number of halogens is 2. The third-order valence-electron chi connectivity index (χ3n) is 4.47. The normalized spacial score (nSPS) is 23.6. The molecule has 25 heavy (non-hydrogen) atoms. The van der Waals surface area contributed by atoms with Crippen molar-refractivity contribution < 1.29 is 19.1 Å². The van der Waals surface area contributed by atoms with Crippen LogP contribution >= 0.6 is 23.2 Å². The van der Waals surface area contributed by atoms with Gasteiger partial charge in [-0.05, 0) is 31.4 Å². The van der Waals surface area contributed by atoms with E-state index in [1.54, 1.807) is 25.1 Å². The lowest BCUT2D eigenvalue weighted by Crippen LogP contribution is -2.35. The van der Waals surface area contributed by atoms with E-state index in [2.05, 4.69) is 5.32 Å². The number of allylic oxidation sites excluding steroid dienone is 1. The Hall–Kier alpha value is -1.56. The summed E-state index contributed by atoms with van der Waals surface area (Å²) in [4.78, 5) is 24.7. The van der Waals surface area contributed by atoms with Gasteiger partial charge in [0, 0.05) is 24.6 Å². The highest BCUT2D eigenvalue weighted by Crippen LogP contribution is 2.39. The smallest absolute Gasteiger partial charge is 0.336 e. The Labute approximate surface area is 156 Å². The van der Waals surface area contributed by atoms with Crippen LogP contribution in [-0.4, -0.2) is 31.2 Å². The lowest BCUT2D eigenvalue weighted by atomic mass is 9.84. The molecule has 0 unspecified atom stereocenters. The third kappa shape index (κ3) is 4.00. The number of nitrogens with one attached hydrogen (secondary N) is 1. The number of esters is 1. The first-order valence-corrected chi connectivity index (χ1v) is 8.96. The largest absolute Gasteiger partial charge is 0.460 e. The summed E-state index contributed by atoms with van der Waals surface area (Å²) in [6.07, 6.45) is 1.91. The fourth-order valence-corrected chi connectivity index (χ4v) is 3.69. The Bertz CT molecular complexity index is 726. The van der Waals surface area contributed by atoms with Gasteiger partial charge in [-0.3, -0.25) is 4.79 Å². The predicted octanol–water partition coefficient (Wildman–Crippen LogP) is 3.59. The average molecular weight is 384 g/mol. The third-order valence-corrected chi connectivity index (χ3v) is 5.30. The molecular weight excluding hydrogens is 365 g/mol. The maximum Gasteiger partial charge on any atom is 0.336 e. The minimum Gasteiger partial charge on any atom is -0.460 e. The van der Waals surface area contributed by atoms with E-state index in [0.717, 1.165) is 12.8 Å². The molecule has 0 aliphatic carbocycles. The van der Waals surface area contributed by atoms with E-state index in [1.165, 1.54) is 0 Å². The van der Waals surface area contributed by atoms with Gasteiger partial charge in [0.2, 0.25) is 5.91 Å². The maximum absolute atomic E-state index is 12.7. The van der Waals surface area contributed by atoms with Gasteiger partial charge in [0.05, 0.1) is 21.7 Å². The number of hydrogen-bond donors (Lipinski definition) is 1. The Morgan fingerprint density at radius 2 is 2.20 bits per heavy atom. The number of carbonyl (C=O) groups is 2. The van der Waals surface area contributed by atoms with Crippen molar-refractivity contribution in [2.45, 2.75) is 38.2 Å². The van der Waals surface area contributed by atoms with E-state index in [4.69, 9.17) is 32.7 Å². The number of amides is 1. The molecule has 1 fully saturated rings. The number of carbonyl (C=O) groups excluding carboxylic acids is 2. The van der Waals surface area contributed by atoms with Crippen molar-refractivity contribution in [3.63, 3.8) is 0 Å². The van der Waals surface area contributed by atoms with Gasteiger partial charge in [0.1, 0.15) is 6.61 Å². The monoisotopic (exact) mass is 383 g/mol. The van der Waals surface area contributed by atoms with Gasteiger partial charge in [-0.1, -0.05) is 35.3 Å². The van der Waals surface area contributed by atoms with Gasteiger partial charge < -0.3 is 14.8 Å². The molecule has 1 aromatic carbocycles. The van der Waals surface area contributed by atoms with Crippen LogP contribution in [0.15, 0.2) is 29.5 Å². The summed E-state index contributed by atoms with van der Waals surface area (Å²) in [6, 6.07) is 5.20. The molecule has 5 nitrogen and oxygen atoms in total. The Kier molecular flexibility index (Phi) is 5.67. The molecule has 2 aliphatic heterocycles. The van der Waals surface area contributed by atoms with Gasteiger partial charge in [0.15, 0.2) is 0 Å². The molecule has 1 amide bonds. The fraction of sp³-hybridized carbons (Fsp3) is 0.444. The van der Waals surface area contributed by atoms with Crippen molar-refractivity contribution in [3.8, 4) is 0 Å². The van der Waals surface area contributed by atoms with Gasteiger partial charge in [-0.15, -0.1) is 0 Å². The van der Waals surface area contributed by atoms with Crippen LogP contribution in [0.25, 0.3) is 0 Å². The molecule has 1 N–H and O–H groups in total. The summed E-state index contributed by atoms with van der Waals surface area (Å²) in [5.41, 5.74) is 1.53. The maximum atomic E-state index is 12.7. The summed E-state index contributed by atoms with van der Waals surface area (Å²) < 4.78 is 10.9. The van der Waals surface area contributed by atoms with Crippen molar-refractivity contribution in [1.29, 1.82) is 0 Å². The molecule has 2 aliphatic rings. The zero-order valence-electron chi connectivity index (χ0n) is 13.8. The van der Waals surface area contributed by atoms with Crippen LogP contribution in [0.4, 0.5) is 0 Å². The second-order valence-corrected chi connectivity index (χ2v) is 7.01. The molecule has 0 radical (unpaired) electrons. The van der Waals surface area contributed by atoms with Crippen molar-refractivity contribution in [2.75, 3.05) is 13.2 Å². The molecule has 134 valence electrons. The number of hydrogen-bond acceptors (Lipinski definition) is 4. The zero-order chi connectivity index (χ0) is 18.0. The second-order valence-electron chi connectivity index (χ2n) is 6.22. The Morgan fingerprint density at radius 3 is 2.92 bits per heavy atom.